The lowest BCUT2D eigenvalue weighted by atomic mass is 10.0. The van der Waals surface area contributed by atoms with E-state index in [4.69, 9.17) is 15.8 Å². The van der Waals surface area contributed by atoms with Gasteiger partial charge < -0.3 is 16.0 Å². The van der Waals surface area contributed by atoms with Crippen LogP contribution in [0.5, 0.6) is 0 Å². The molecule has 0 aliphatic carbocycles. The van der Waals surface area contributed by atoms with Crippen molar-refractivity contribution >= 4 is 45.2 Å². The van der Waals surface area contributed by atoms with Crippen molar-refractivity contribution in [2.45, 2.75) is 25.4 Å². The van der Waals surface area contributed by atoms with Crippen molar-refractivity contribution in [1.29, 1.82) is 0 Å². The number of nitrogens with zero attached hydrogens (tertiary/aromatic N) is 8. The number of piperidine rings is 1. The molecule has 12 nitrogen and oxygen atoms in total. The predicted molar refractivity (Wildman–Crippen MR) is 170 cm³/mol. The maximum atomic E-state index is 13.1. The summed E-state index contributed by atoms with van der Waals surface area (Å²) in [5, 5.41) is 9.30. The molecular weight excluding hydrogens is 556 g/mol. The van der Waals surface area contributed by atoms with E-state index >= 15 is 0 Å². The van der Waals surface area contributed by atoms with Gasteiger partial charge in [-0.05, 0) is 55.3 Å². The second kappa shape index (κ2) is 11.1. The summed E-state index contributed by atoms with van der Waals surface area (Å²) in [5.41, 5.74) is 8.86. The number of carbonyl (C=O) groups excluding carboxylic acids is 1. The normalized spacial score (nSPS) is 13.9. The Hall–Kier alpha value is -5.78. The molecule has 220 valence electrons. The Labute approximate surface area is 252 Å². The third kappa shape index (κ3) is 4.85. The zero-order valence-corrected chi connectivity index (χ0v) is 23.9. The first-order valence-corrected chi connectivity index (χ1v) is 14.4. The van der Waals surface area contributed by atoms with Gasteiger partial charge in [-0.2, -0.15) is 10.1 Å². The van der Waals surface area contributed by atoms with E-state index in [0.29, 0.717) is 40.4 Å². The Kier molecular flexibility index (Phi) is 6.85. The van der Waals surface area contributed by atoms with Gasteiger partial charge in [0.15, 0.2) is 11.5 Å². The maximum Gasteiger partial charge on any atom is 0.278 e. The Morgan fingerprint density at radius 3 is 2.59 bits per heavy atom. The van der Waals surface area contributed by atoms with Gasteiger partial charge in [-0.25, -0.2) is 19.3 Å². The molecule has 5 heterocycles. The van der Waals surface area contributed by atoms with Crippen LogP contribution in [0.15, 0.2) is 96.7 Å². The van der Waals surface area contributed by atoms with Crippen LogP contribution in [0.4, 0.5) is 17.3 Å². The van der Waals surface area contributed by atoms with E-state index < -0.39 is 5.91 Å². The summed E-state index contributed by atoms with van der Waals surface area (Å²) in [6, 6.07) is 19.4. The number of carbonyl (C=O) groups is 1. The highest BCUT2D eigenvalue weighted by Gasteiger charge is 2.23. The first-order chi connectivity index (χ1) is 21.5. The second-order valence-electron chi connectivity index (χ2n) is 10.7. The number of nitrogens with two attached hydrogens (primary N) is 1. The van der Waals surface area contributed by atoms with Crippen LogP contribution in [0, 0.1) is 0 Å². The van der Waals surface area contributed by atoms with Gasteiger partial charge in [0.25, 0.3) is 11.5 Å². The fourth-order valence-electron chi connectivity index (χ4n) is 5.81. The van der Waals surface area contributed by atoms with E-state index in [1.54, 1.807) is 33.9 Å². The zero-order valence-electron chi connectivity index (χ0n) is 23.9. The van der Waals surface area contributed by atoms with E-state index in [1.807, 2.05) is 53.3 Å². The molecule has 1 saturated heterocycles. The molecule has 12 heteroatoms. The minimum atomic E-state index is -0.465. The van der Waals surface area contributed by atoms with Gasteiger partial charge in [-0.3, -0.25) is 14.3 Å². The van der Waals surface area contributed by atoms with Crippen molar-refractivity contribution in [2.24, 2.45) is 5.73 Å². The lowest BCUT2D eigenvalue weighted by molar-refractivity contribution is 0.100. The van der Waals surface area contributed by atoms with E-state index in [1.165, 1.54) is 0 Å². The minimum absolute atomic E-state index is 0.207. The molecule has 4 aromatic heterocycles. The number of hydrogen-bond donors (Lipinski definition) is 2. The van der Waals surface area contributed by atoms with Gasteiger partial charge in [-0.15, -0.1) is 6.58 Å². The smallest absolute Gasteiger partial charge is 0.278 e. The van der Waals surface area contributed by atoms with Crippen LogP contribution >= 0.6 is 0 Å². The quantitative estimate of drug-likeness (QED) is 0.253. The van der Waals surface area contributed by atoms with Crippen molar-refractivity contribution in [3.8, 4) is 5.82 Å². The molecule has 7 rings (SSSR count). The number of nitrogens with one attached hydrogen (secondary N) is 1. The number of anilines is 3. The molecule has 1 aliphatic heterocycles. The van der Waals surface area contributed by atoms with Crippen LogP contribution in [-0.4, -0.2) is 53.1 Å². The van der Waals surface area contributed by atoms with Gasteiger partial charge in [0, 0.05) is 48.4 Å². The van der Waals surface area contributed by atoms with E-state index in [9.17, 15) is 9.59 Å². The summed E-state index contributed by atoms with van der Waals surface area (Å²) >= 11 is 0. The molecular formula is C32H30N10O2. The lowest BCUT2D eigenvalue weighted by Gasteiger charge is -2.33. The zero-order chi connectivity index (χ0) is 30.2. The van der Waals surface area contributed by atoms with Crippen molar-refractivity contribution in [3.05, 3.63) is 108 Å². The highest BCUT2D eigenvalue weighted by molar-refractivity contribution is 6.04. The van der Waals surface area contributed by atoms with Crippen LogP contribution in [0.25, 0.3) is 27.8 Å². The Morgan fingerprint density at radius 2 is 1.86 bits per heavy atom. The Bertz CT molecular complexity index is 2050. The molecule has 0 spiro atoms. The highest BCUT2D eigenvalue weighted by Crippen LogP contribution is 2.29. The van der Waals surface area contributed by atoms with Crippen LogP contribution in [0.3, 0.4) is 0 Å². The average molecular weight is 587 g/mol. The largest absolute Gasteiger partial charge is 0.371 e. The SMILES string of the molecule is C=CCn1c(=O)c2cnc(Nc3ccc(N4CCC(n5cc6cccc(C(N)=O)c6n5)CC4)cc3)nc2n1-c1ccccn1. The van der Waals surface area contributed by atoms with Gasteiger partial charge in [-0.1, -0.05) is 24.3 Å². The molecule has 0 radical (unpaired) electrons. The standard InChI is InChI=1S/C32H30N10O2/c1-2-16-41-31(44)26-19-35-32(37-30(26)42(41)27-8-3-4-15-34-27)36-22-9-11-23(12-10-22)39-17-13-24(14-18-39)40-20-21-6-5-7-25(29(33)43)28(21)38-40/h2-12,15,19-20,24H,1,13-14,16-18H2,(H2,33,43)(H,35,36,37). The van der Waals surface area contributed by atoms with Gasteiger partial charge in [0.05, 0.1) is 18.2 Å². The summed E-state index contributed by atoms with van der Waals surface area (Å²) in [5.74, 6) is 0.487. The molecule has 1 aliphatic rings. The van der Waals surface area contributed by atoms with Gasteiger partial charge in [0.1, 0.15) is 10.9 Å². The fraction of sp³-hybridized carbons (Fsp3) is 0.188. The topological polar surface area (TPSA) is 142 Å². The summed E-state index contributed by atoms with van der Waals surface area (Å²) < 4.78 is 5.22. The van der Waals surface area contributed by atoms with Crippen LogP contribution in [0.1, 0.15) is 29.2 Å². The van der Waals surface area contributed by atoms with Crippen LogP contribution in [-0.2, 0) is 6.54 Å². The second-order valence-corrected chi connectivity index (χ2v) is 10.7. The molecule has 0 atom stereocenters. The summed E-state index contributed by atoms with van der Waals surface area (Å²) in [7, 11) is 0. The number of benzene rings is 2. The first-order valence-electron chi connectivity index (χ1n) is 14.4. The van der Waals surface area contributed by atoms with Crippen molar-refractivity contribution < 1.29 is 4.79 Å². The molecule has 1 amide bonds. The molecule has 6 aromatic rings. The molecule has 0 saturated carbocycles. The summed E-state index contributed by atoms with van der Waals surface area (Å²) in [4.78, 5) is 40.8. The maximum absolute atomic E-state index is 13.1. The molecule has 0 unspecified atom stereocenters. The number of fused-ring (bicyclic) bond motifs is 2. The van der Waals surface area contributed by atoms with Crippen LogP contribution in [0.2, 0.25) is 0 Å². The number of hydrogen-bond acceptors (Lipinski definition) is 8. The molecule has 44 heavy (non-hydrogen) atoms. The number of allylic oxidation sites excluding steroid dienone is 1. The number of rotatable bonds is 8. The number of primary amides is 1. The number of amides is 1. The first kappa shape index (κ1) is 27.1. The third-order valence-corrected chi connectivity index (χ3v) is 7.99. The van der Waals surface area contributed by atoms with E-state index in [-0.39, 0.29) is 11.6 Å². The van der Waals surface area contributed by atoms with Crippen molar-refractivity contribution in [1.82, 2.24) is 34.1 Å². The summed E-state index contributed by atoms with van der Waals surface area (Å²) in [6.07, 6.45) is 8.74. The fourth-order valence-corrected chi connectivity index (χ4v) is 5.81. The minimum Gasteiger partial charge on any atom is -0.371 e. The Morgan fingerprint density at radius 1 is 1.05 bits per heavy atom. The third-order valence-electron chi connectivity index (χ3n) is 7.99. The van der Waals surface area contributed by atoms with Crippen molar-refractivity contribution in [2.75, 3.05) is 23.3 Å². The predicted octanol–water partition coefficient (Wildman–Crippen LogP) is 4.20. The molecule has 3 N–H and O–H groups in total. The lowest BCUT2D eigenvalue weighted by Crippen LogP contribution is -2.34. The summed E-state index contributed by atoms with van der Waals surface area (Å²) in [6.45, 7) is 5.85. The highest BCUT2D eigenvalue weighted by atomic mass is 16.1. The van der Waals surface area contributed by atoms with Gasteiger partial charge >= 0.3 is 0 Å². The van der Waals surface area contributed by atoms with E-state index in [0.717, 1.165) is 42.7 Å². The number of aromatic nitrogens is 7. The molecule has 1 fully saturated rings. The average Bonchev–Trinajstić information content (AvgIpc) is 3.61. The molecule has 0 bridgehead atoms. The van der Waals surface area contributed by atoms with Gasteiger partial charge in [0.2, 0.25) is 5.95 Å². The monoisotopic (exact) mass is 586 g/mol. The van der Waals surface area contributed by atoms with Crippen LogP contribution < -0.4 is 21.5 Å². The number of pyridine rings is 1. The van der Waals surface area contributed by atoms with E-state index in [2.05, 4.69) is 38.9 Å². The van der Waals surface area contributed by atoms with Crippen molar-refractivity contribution in [3.63, 3.8) is 0 Å². The Balaban J connectivity index is 1.06. The molecule has 2 aromatic carbocycles.